The molecular weight excluding hydrogens is 419 g/mol. The molecule has 2 aromatic heterocycles. The average Bonchev–Trinajstić information content (AvgIpc) is 3.28. The Kier molecular flexibility index (Phi) is 7.16. The maximum absolute atomic E-state index is 10.6. The Hall–Kier alpha value is -2.66. The summed E-state index contributed by atoms with van der Waals surface area (Å²) in [6, 6.07) is 7.73. The molecule has 0 radical (unpaired) electrons. The SMILES string of the molecule is Cc1cc(CN2CCC[C@]3(C[C@H](Oc4ccccn4)CO3)C2)no1.O=C(O)C(F)(F)F. The van der Waals surface area contributed by atoms with E-state index in [4.69, 9.17) is 23.9 Å². The number of hydrogen-bond acceptors (Lipinski definition) is 7. The van der Waals surface area contributed by atoms with Crippen molar-refractivity contribution < 1.29 is 37.1 Å². The van der Waals surface area contributed by atoms with E-state index >= 15 is 0 Å². The van der Waals surface area contributed by atoms with Gasteiger partial charge in [-0.3, -0.25) is 4.90 Å². The Morgan fingerprint density at radius 3 is 2.81 bits per heavy atom. The lowest BCUT2D eigenvalue weighted by Gasteiger charge is -2.39. The highest BCUT2D eigenvalue weighted by atomic mass is 19.4. The lowest BCUT2D eigenvalue weighted by Crippen LogP contribution is -2.47. The van der Waals surface area contributed by atoms with Crippen LogP contribution in [-0.2, 0) is 16.1 Å². The summed E-state index contributed by atoms with van der Waals surface area (Å²) in [5.41, 5.74) is 0.889. The van der Waals surface area contributed by atoms with Crippen LogP contribution in [0.2, 0.25) is 0 Å². The van der Waals surface area contributed by atoms with Crippen LogP contribution in [0, 0.1) is 6.92 Å². The van der Waals surface area contributed by atoms with Crippen LogP contribution in [0.3, 0.4) is 0 Å². The summed E-state index contributed by atoms with van der Waals surface area (Å²) in [5.74, 6) is -1.22. The lowest BCUT2D eigenvalue weighted by molar-refractivity contribution is -0.192. The van der Waals surface area contributed by atoms with Crippen molar-refractivity contribution >= 4 is 5.97 Å². The minimum absolute atomic E-state index is 0.0779. The standard InChI is InChI=1S/C18H23N3O3.C2HF3O2/c1-14-9-15(20-24-14)11-21-8-4-6-18(13-21)10-16(12-22-18)23-17-5-2-3-7-19-17;3-2(4,5)1(6)7/h2-3,5,7,9,16H,4,6,8,10-13H2,1H3;(H,6,7)/t16-,18-;/m0./s1. The van der Waals surface area contributed by atoms with Gasteiger partial charge in [0.2, 0.25) is 5.88 Å². The van der Waals surface area contributed by atoms with E-state index in [2.05, 4.69) is 15.0 Å². The second-order valence-electron chi connectivity index (χ2n) is 7.65. The maximum atomic E-state index is 10.6. The van der Waals surface area contributed by atoms with E-state index in [-0.39, 0.29) is 11.7 Å². The number of carbonyl (C=O) groups is 1. The van der Waals surface area contributed by atoms with Crippen LogP contribution in [-0.4, -0.2) is 63.7 Å². The van der Waals surface area contributed by atoms with Crippen molar-refractivity contribution in [1.82, 2.24) is 15.0 Å². The van der Waals surface area contributed by atoms with Crippen LogP contribution in [0.1, 0.15) is 30.7 Å². The van der Waals surface area contributed by atoms with Gasteiger partial charge in [-0.25, -0.2) is 9.78 Å². The molecule has 170 valence electrons. The van der Waals surface area contributed by atoms with Gasteiger partial charge in [-0.2, -0.15) is 13.2 Å². The number of aromatic nitrogens is 2. The van der Waals surface area contributed by atoms with Gasteiger partial charge in [0.25, 0.3) is 0 Å². The van der Waals surface area contributed by atoms with Gasteiger partial charge in [-0.05, 0) is 32.4 Å². The van der Waals surface area contributed by atoms with E-state index in [1.807, 2.05) is 31.2 Å². The number of carboxylic acids is 1. The second-order valence-corrected chi connectivity index (χ2v) is 7.65. The highest BCUT2D eigenvalue weighted by molar-refractivity contribution is 5.73. The van der Waals surface area contributed by atoms with Gasteiger partial charge in [0.1, 0.15) is 11.9 Å². The van der Waals surface area contributed by atoms with Crippen LogP contribution in [0.5, 0.6) is 5.88 Å². The number of ether oxygens (including phenoxy) is 2. The molecule has 4 heterocycles. The molecule has 4 rings (SSSR count). The number of carboxylic acid groups (broad SMARTS) is 1. The summed E-state index contributed by atoms with van der Waals surface area (Å²) in [7, 11) is 0. The predicted molar refractivity (Wildman–Crippen MR) is 101 cm³/mol. The van der Waals surface area contributed by atoms with Crippen molar-refractivity contribution in [3.63, 3.8) is 0 Å². The van der Waals surface area contributed by atoms with Crippen molar-refractivity contribution in [3.05, 3.63) is 41.9 Å². The van der Waals surface area contributed by atoms with E-state index in [0.717, 1.165) is 50.4 Å². The zero-order valence-corrected chi connectivity index (χ0v) is 17.0. The quantitative estimate of drug-likeness (QED) is 0.769. The fourth-order valence-corrected chi connectivity index (χ4v) is 3.80. The van der Waals surface area contributed by atoms with Crippen LogP contribution >= 0.6 is 0 Å². The molecule has 0 bridgehead atoms. The Bertz CT molecular complexity index is 861. The first kappa shape index (κ1) is 23.0. The summed E-state index contributed by atoms with van der Waals surface area (Å²) >= 11 is 0. The van der Waals surface area contributed by atoms with E-state index in [1.165, 1.54) is 0 Å². The summed E-state index contributed by atoms with van der Waals surface area (Å²) in [4.78, 5) is 15.5. The van der Waals surface area contributed by atoms with Gasteiger partial charge in [0.15, 0.2) is 0 Å². The zero-order chi connectivity index (χ0) is 22.5. The number of piperidine rings is 1. The van der Waals surface area contributed by atoms with Crippen LogP contribution < -0.4 is 4.74 Å². The molecule has 1 N–H and O–H groups in total. The number of pyridine rings is 1. The molecule has 2 saturated heterocycles. The first-order valence-electron chi connectivity index (χ1n) is 9.81. The molecule has 2 aliphatic rings. The predicted octanol–water partition coefficient (Wildman–Crippen LogP) is 3.21. The van der Waals surface area contributed by atoms with Crippen molar-refractivity contribution in [2.45, 2.75) is 50.6 Å². The number of hydrogen-bond donors (Lipinski definition) is 1. The number of rotatable bonds is 4. The number of halogens is 3. The fourth-order valence-electron chi connectivity index (χ4n) is 3.80. The molecule has 0 amide bonds. The monoisotopic (exact) mass is 443 g/mol. The van der Waals surface area contributed by atoms with Crippen LogP contribution in [0.15, 0.2) is 35.0 Å². The van der Waals surface area contributed by atoms with E-state index in [1.54, 1.807) is 6.20 Å². The van der Waals surface area contributed by atoms with E-state index in [9.17, 15) is 13.2 Å². The zero-order valence-electron chi connectivity index (χ0n) is 17.0. The Morgan fingerprint density at radius 1 is 1.42 bits per heavy atom. The van der Waals surface area contributed by atoms with Gasteiger partial charge < -0.3 is 19.1 Å². The number of nitrogens with zero attached hydrogens (tertiary/aromatic N) is 3. The van der Waals surface area contributed by atoms with Crippen molar-refractivity contribution in [1.29, 1.82) is 0 Å². The lowest BCUT2D eigenvalue weighted by atomic mass is 9.89. The maximum Gasteiger partial charge on any atom is 0.490 e. The minimum atomic E-state index is -5.08. The first-order chi connectivity index (χ1) is 14.7. The Morgan fingerprint density at radius 2 is 2.19 bits per heavy atom. The third-order valence-electron chi connectivity index (χ3n) is 5.02. The van der Waals surface area contributed by atoms with Crippen LogP contribution in [0.25, 0.3) is 0 Å². The van der Waals surface area contributed by atoms with Gasteiger partial charge >= 0.3 is 12.1 Å². The topological polar surface area (TPSA) is 97.9 Å². The van der Waals surface area contributed by atoms with Gasteiger partial charge in [0, 0.05) is 37.8 Å². The highest BCUT2D eigenvalue weighted by Gasteiger charge is 2.44. The molecule has 0 aliphatic carbocycles. The average molecular weight is 443 g/mol. The summed E-state index contributed by atoms with van der Waals surface area (Å²) in [6.07, 6.45) is -0.119. The molecule has 1 spiro atoms. The number of aryl methyl sites for hydroxylation is 1. The third kappa shape index (κ3) is 6.66. The van der Waals surface area contributed by atoms with Gasteiger partial charge in [-0.15, -0.1) is 0 Å². The normalized spacial score (nSPS) is 23.9. The molecule has 2 atom stereocenters. The third-order valence-corrected chi connectivity index (χ3v) is 5.02. The summed E-state index contributed by atoms with van der Waals surface area (Å²) in [6.45, 7) is 5.36. The molecule has 0 aromatic carbocycles. The Labute approximate surface area is 176 Å². The molecule has 8 nitrogen and oxygen atoms in total. The number of alkyl halides is 3. The number of aliphatic carboxylic acids is 1. The molecule has 0 unspecified atom stereocenters. The summed E-state index contributed by atoms with van der Waals surface area (Å²) < 4.78 is 49.1. The minimum Gasteiger partial charge on any atom is -0.475 e. The van der Waals surface area contributed by atoms with Crippen LogP contribution in [0.4, 0.5) is 13.2 Å². The summed E-state index contributed by atoms with van der Waals surface area (Å²) in [5, 5.41) is 11.2. The molecule has 2 aliphatic heterocycles. The van der Waals surface area contributed by atoms with Crippen molar-refractivity contribution in [2.24, 2.45) is 0 Å². The highest BCUT2D eigenvalue weighted by Crippen LogP contribution is 2.36. The second kappa shape index (κ2) is 9.65. The molecule has 11 heteroatoms. The molecule has 0 saturated carbocycles. The smallest absolute Gasteiger partial charge is 0.475 e. The molecule has 2 aromatic rings. The van der Waals surface area contributed by atoms with Crippen molar-refractivity contribution in [2.75, 3.05) is 19.7 Å². The Balaban J connectivity index is 0.000000339. The molecular formula is C20H24F3N3O5. The van der Waals surface area contributed by atoms with Gasteiger partial charge in [0.05, 0.1) is 17.9 Å². The molecule has 31 heavy (non-hydrogen) atoms. The first-order valence-corrected chi connectivity index (χ1v) is 9.81. The van der Waals surface area contributed by atoms with Crippen molar-refractivity contribution in [3.8, 4) is 5.88 Å². The van der Waals surface area contributed by atoms with E-state index in [0.29, 0.717) is 12.5 Å². The fraction of sp³-hybridized carbons (Fsp3) is 0.550. The largest absolute Gasteiger partial charge is 0.490 e. The van der Waals surface area contributed by atoms with E-state index < -0.39 is 12.1 Å². The number of likely N-dealkylation sites (tertiary alicyclic amines) is 1. The molecule has 2 fully saturated rings. The van der Waals surface area contributed by atoms with Gasteiger partial charge in [-0.1, -0.05) is 11.2 Å².